The Bertz CT molecular complexity index is 833. The van der Waals surface area contributed by atoms with Crippen molar-refractivity contribution in [2.24, 2.45) is 0 Å². The van der Waals surface area contributed by atoms with Gasteiger partial charge in [-0.1, -0.05) is 29.3 Å². The van der Waals surface area contributed by atoms with E-state index in [0.717, 1.165) is 4.88 Å². The third-order valence-corrected chi connectivity index (χ3v) is 4.36. The van der Waals surface area contributed by atoms with Gasteiger partial charge in [-0.05, 0) is 36.6 Å². The number of carbonyl (C=O) groups is 1. The van der Waals surface area contributed by atoms with Crippen molar-refractivity contribution in [3.8, 4) is 10.8 Å². The Labute approximate surface area is 145 Å². The van der Waals surface area contributed by atoms with Crippen molar-refractivity contribution >= 4 is 40.5 Å². The summed E-state index contributed by atoms with van der Waals surface area (Å²) in [5.41, 5.74) is 0.223. The van der Waals surface area contributed by atoms with Gasteiger partial charge in [0.05, 0.1) is 15.5 Å². The quantitative estimate of drug-likeness (QED) is 0.604. The third kappa shape index (κ3) is 3.55. The maximum atomic E-state index is 12.2. The number of hydrogen-bond donors (Lipinski definition) is 0. The number of benzene rings is 1. The summed E-state index contributed by atoms with van der Waals surface area (Å²) in [7, 11) is 0. The molecule has 0 fully saturated rings. The summed E-state index contributed by atoms with van der Waals surface area (Å²) in [5, 5.41) is 10.4. The number of ether oxygens (including phenoxy) is 1. The molecule has 0 aliphatic carbocycles. The van der Waals surface area contributed by atoms with Gasteiger partial charge in [0.1, 0.15) is 0 Å². The molecule has 0 saturated carbocycles. The van der Waals surface area contributed by atoms with Crippen LogP contribution in [0.25, 0.3) is 10.8 Å². The highest BCUT2D eigenvalue weighted by molar-refractivity contribution is 7.13. The van der Waals surface area contributed by atoms with Gasteiger partial charge in [0.25, 0.3) is 11.8 Å². The normalized spacial score (nSPS) is 12.1. The molecular weight excluding hydrogens is 359 g/mol. The second-order valence-electron chi connectivity index (χ2n) is 4.59. The molecular formula is C15H10Cl2N2O3S. The zero-order chi connectivity index (χ0) is 16.4. The molecule has 0 unspecified atom stereocenters. The summed E-state index contributed by atoms with van der Waals surface area (Å²) >= 11 is 13.3. The Kier molecular flexibility index (Phi) is 4.66. The van der Waals surface area contributed by atoms with Gasteiger partial charge < -0.3 is 9.15 Å². The molecule has 0 amide bonds. The summed E-state index contributed by atoms with van der Waals surface area (Å²) in [6, 6.07) is 8.30. The fourth-order valence-corrected chi connectivity index (χ4v) is 2.96. The van der Waals surface area contributed by atoms with E-state index in [9.17, 15) is 4.79 Å². The van der Waals surface area contributed by atoms with Crippen LogP contribution in [0, 0.1) is 0 Å². The number of halogens is 2. The van der Waals surface area contributed by atoms with Crippen LogP contribution in [0.4, 0.5) is 0 Å². The fourth-order valence-electron chi connectivity index (χ4n) is 1.83. The Morgan fingerprint density at radius 2 is 2.13 bits per heavy atom. The first-order chi connectivity index (χ1) is 11.0. The molecule has 0 saturated heterocycles. The predicted octanol–water partition coefficient (Wildman–Crippen LogP) is 5.02. The van der Waals surface area contributed by atoms with E-state index >= 15 is 0 Å². The van der Waals surface area contributed by atoms with Crippen LogP contribution in [0.2, 0.25) is 10.0 Å². The van der Waals surface area contributed by atoms with Crippen molar-refractivity contribution in [3.05, 3.63) is 57.2 Å². The van der Waals surface area contributed by atoms with Gasteiger partial charge in [-0.15, -0.1) is 21.5 Å². The molecule has 5 nitrogen and oxygen atoms in total. The molecule has 0 spiro atoms. The molecule has 2 heterocycles. The molecule has 3 aromatic rings. The van der Waals surface area contributed by atoms with Crippen LogP contribution >= 0.6 is 34.5 Å². The smallest absolute Gasteiger partial charge is 0.340 e. The maximum absolute atomic E-state index is 12.2. The minimum absolute atomic E-state index is 0.215. The highest BCUT2D eigenvalue weighted by Gasteiger charge is 2.21. The first kappa shape index (κ1) is 16.0. The van der Waals surface area contributed by atoms with Crippen molar-refractivity contribution < 1.29 is 13.9 Å². The largest absolute Gasteiger partial charge is 0.449 e. The fraction of sp³-hybridized carbons (Fsp3) is 0.133. The third-order valence-electron chi connectivity index (χ3n) is 2.96. The Morgan fingerprint density at radius 1 is 1.30 bits per heavy atom. The molecule has 0 radical (unpaired) electrons. The highest BCUT2D eigenvalue weighted by atomic mass is 35.5. The number of aromatic nitrogens is 2. The van der Waals surface area contributed by atoms with Gasteiger partial charge in [-0.25, -0.2) is 4.79 Å². The summed E-state index contributed by atoms with van der Waals surface area (Å²) in [6.45, 7) is 1.65. The highest BCUT2D eigenvalue weighted by Crippen LogP contribution is 2.27. The molecule has 1 aromatic carbocycles. The molecule has 3 rings (SSSR count). The SMILES string of the molecule is C[C@H](OC(=O)c1ccc(Cl)cc1Cl)c1nnc(-c2cccs2)o1. The van der Waals surface area contributed by atoms with Crippen LogP contribution in [0.5, 0.6) is 0 Å². The maximum Gasteiger partial charge on any atom is 0.340 e. The number of thiophene rings is 1. The van der Waals surface area contributed by atoms with Crippen LogP contribution < -0.4 is 0 Å². The van der Waals surface area contributed by atoms with E-state index in [1.54, 1.807) is 13.0 Å². The molecule has 1 atom stereocenters. The van der Waals surface area contributed by atoms with Gasteiger partial charge in [0.2, 0.25) is 0 Å². The predicted molar refractivity (Wildman–Crippen MR) is 87.9 cm³/mol. The minimum atomic E-state index is -0.699. The molecule has 8 heteroatoms. The first-order valence-electron chi connectivity index (χ1n) is 6.58. The Balaban J connectivity index is 1.74. The van der Waals surface area contributed by atoms with Crippen LogP contribution in [0.1, 0.15) is 29.3 Å². The molecule has 2 aromatic heterocycles. The lowest BCUT2D eigenvalue weighted by molar-refractivity contribution is 0.0280. The van der Waals surface area contributed by atoms with E-state index in [1.807, 2.05) is 17.5 Å². The van der Waals surface area contributed by atoms with E-state index in [-0.39, 0.29) is 16.5 Å². The molecule has 0 N–H and O–H groups in total. The first-order valence-corrected chi connectivity index (χ1v) is 8.21. The Hall–Kier alpha value is -1.89. The molecule has 23 heavy (non-hydrogen) atoms. The second-order valence-corrected chi connectivity index (χ2v) is 6.39. The number of rotatable bonds is 4. The molecule has 0 aliphatic heterocycles. The molecule has 0 aliphatic rings. The van der Waals surface area contributed by atoms with Gasteiger partial charge in [-0.3, -0.25) is 0 Å². The lowest BCUT2D eigenvalue weighted by Crippen LogP contribution is -2.10. The van der Waals surface area contributed by atoms with Crippen molar-refractivity contribution in [1.29, 1.82) is 0 Å². The van der Waals surface area contributed by atoms with E-state index in [1.165, 1.54) is 23.5 Å². The zero-order valence-electron chi connectivity index (χ0n) is 11.8. The average Bonchev–Trinajstić information content (AvgIpc) is 3.18. The van der Waals surface area contributed by atoms with E-state index < -0.39 is 12.1 Å². The van der Waals surface area contributed by atoms with Gasteiger partial charge in [0.15, 0.2) is 6.10 Å². The van der Waals surface area contributed by atoms with Gasteiger partial charge >= 0.3 is 5.97 Å². The number of carbonyl (C=O) groups excluding carboxylic acids is 1. The summed E-state index contributed by atoms with van der Waals surface area (Å²) in [4.78, 5) is 13.0. The standard InChI is InChI=1S/C15H10Cl2N2O3S/c1-8(13-18-19-14(22-13)12-3-2-6-23-12)21-15(20)10-5-4-9(16)7-11(10)17/h2-8H,1H3/t8-/m0/s1. The average molecular weight is 369 g/mol. The van der Waals surface area contributed by atoms with Crippen molar-refractivity contribution in [3.63, 3.8) is 0 Å². The number of nitrogens with zero attached hydrogens (tertiary/aromatic N) is 2. The second kappa shape index (κ2) is 6.70. The minimum Gasteiger partial charge on any atom is -0.449 e. The summed E-state index contributed by atoms with van der Waals surface area (Å²) in [5.74, 6) is 0.0179. The monoisotopic (exact) mass is 368 g/mol. The van der Waals surface area contributed by atoms with E-state index in [4.69, 9.17) is 32.4 Å². The van der Waals surface area contributed by atoms with Crippen molar-refractivity contribution in [2.75, 3.05) is 0 Å². The number of hydrogen-bond acceptors (Lipinski definition) is 6. The Morgan fingerprint density at radius 3 is 2.83 bits per heavy atom. The van der Waals surface area contributed by atoms with Gasteiger partial charge in [-0.2, -0.15) is 0 Å². The van der Waals surface area contributed by atoms with Crippen LogP contribution in [-0.4, -0.2) is 16.2 Å². The van der Waals surface area contributed by atoms with Crippen LogP contribution in [-0.2, 0) is 4.74 Å². The molecule has 118 valence electrons. The van der Waals surface area contributed by atoms with Crippen molar-refractivity contribution in [2.45, 2.75) is 13.0 Å². The topological polar surface area (TPSA) is 65.2 Å². The lowest BCUT2D eigenvalue weighted by atomic mass is 10.2. The summed E-state index contributed by atoms with van der Waals surface area (Å²) in [6.07, 6.45) is -0.699. The van der Waals surface area contributed by atoms with E-state index in [0.29, 0.717) is 10.9 Å². The molecule has 0 bridgehead atoms. The van der Waals surface area contributed by atoms with Gasteiger partial charge in [0, 0.05) is 5.02 Å². The lowest BCUT2D eigenvalue weighted by Gasteiger charge is -2.10. The number of esters is 1. The summed E-state index contributed by atoms with van der Waals surface area (Å²) < 4.78 is 10.8. The van der Waals surface area contributed by atoms with Crippen molar-refractivity contribution in [1.82, 2.24) is 10.2 Å². The van der Waals surface area contributed by atoms with Crippen LogP contribution in [0.15, 0.2) is 40.1 Å². The zero-order valence-corrected chi connectivity index (χ0v) is 14.2. The van der Waals surface area contributed by atoms with E-state index in [2.05, 4.69) is 10.2 Å². The van der Waals surface area contributed by atoms with Crippen LogP contribution in [0.3, 0.4) is 0 Å².